The van der Waals surface area contributed by atoms with Crippen LogP contribution in [0, 0.1) is 11.6 Å². The first-order chi connectivity index (χ1) is 9.27. The summed E-state index contributed by atoms with van der Waals surface area (Å²) in [7, 11) is -4.12. The number of anilines is 1. The van der Waals surface area contributed by atoms with Crippen LogP contribution in [0.4, 0.5) is 14.5 Å². The Balaban J connectivity index is 2.52. The molecule has 0 bridgehead atoms. The summed E-state index contributed by atoms with van der Waals surface area (Å²) < 4.78 is 54.4. The average molecular weight is 300 g/mol. The number of nitrogen functional groups attached to an aromatic ring is 1. The molecule has 0 saturated carbocycles. The van der Waals surface area contributed by atoms with Gasteiger partial charge < -0.3 is 10.5 Å². The number of hydrogen-bond acceptors (Lipinski definition) is 4. The van der Waals surface area contributed by atoms with Crippen LogP contribution in [-0.4, -0.2) is 8.42 Å². The second-order valence-electron chi connectivity index (χ2n) is 3.93. The van der Waals surface area contributed by atoms with Gasteiger partial charge in [-0.15, -0.1) is 0 Å². The second-order valence-corrected chi connectivity index (χ2v) is 5.46. The van der Waals surface area contributed by atoms with Gasteiger partial charge in [-0.3, -0.25) is 0 Å². The van der Waals surface area contributed by atoms with Gasteiger partial charge in [-0.1, -0.05) is 0 Å². The number of benzene rings is 2. The molecule has 20 heavy (non-hydrogen) atoms. The Morgan fingerprint density at radius 2 is 1.70 bits per heavy atom. The summed E-state index contributed by atoms with van der Waals surface area (Å²) in [6.45, 7) is 0. The second kappa shape index (κ2) is 5.06. The number of primary sulfonamides is 1. The molecule has 0 aliphatic carbocycles. The molecule has 106 valence electrons. The van der Waals surface area contributed by atoms with Gasteiger partial charge in [0.25, 0.3) is 0 Å². The molecule has 5 nitrogen and oxygen atoms in total. The molecule has 0 fully saturated rings. The lowest BCUT2D eigenvalue weighted by Crippen LogP contribution is -2.13. The summed E-state index contributed by atoms with van der Waals surface area (Å²) in [5.74, 6) is -2.27. The summed E-state index contributed by atoms with van der Waals surface area (Å²) >= 11 is 0. The number of hydrogen-bond donors (Lipinski definition) is 2. The van der Waals surface area contributed by atoms with Crippen LogP contribution in [0.15, 0.2) is 41.3 Å². The third-order valence-corrected chi connectivity index (χ3v) is 3.32. The summed E-state index contributed by atoms with van der Waals surface area (Å²) in [4.78, 5) is -0.416. The molecule has 2 aromatic carbocycles. The van der Waals surface area contributed by atoms with Gasteiger partial charge in [0.1, 0.15) is 16.5 Å². The minimum absolute atomic E-state index is 0.140. The van der Waals surface area contributed by atoms with Crippen molar-refractivity contribution in [2.75, 3.05) is 5.73 Å². The average Bonchev–Trinajstić information content (AvgIpc) is 2.34. The first-order valence-electron chi connectivity index (χ1n) is 5.32. The Morgan fingerprint density at radius 3 is 2.35 bits per heavy atom. The van der Waals surface area contributed by atoms with E-state index < -0.39 is 32.3 Å². The zero-order valence-corrected chi connectivity index (χ0v) is 10.8. The maximum atomic E-state index is 13.5. The monoisotopic (exact) mass is 300 g/mol. The standard InChI is InChI=1S/C12H10F2N2O3S/c13-7-1-3-9(14)11(5-7)19-10-4-2-8(15)6-12(10)20(16,17)18/h1-6H,15H2,(H2,16,17,18). The largest absolute Gasteiger partial charge is 0.453 e. The Labute approximate surface area is 113 Å². The van der Waals surface area contributed by atoms with E-state index in [1.807, 2.05) is 0 Å². The van der Waals surface area contributed by atoms with Crippen LogP contribution in [0.25, 0.3) is 0 Å². The fraction of sp³-hybridized carbons (Fsp3) is 0. The molecule has 4 N–H and O–H groups in total. The Bertz CT molecular complexity index is 763. The third-order valence-electron chi connectivity index (χ3n) is 2.39. The fourth-order valence-corrected chi connectivity index (χ4v) is 2.20. The smallest absolute Gasteiger partial charge is 0.241 e. The predicted octanol–water partition coefficient (Wildman–Crippen LogP) is 1.99. The lowest BCUT2D eigenvalue weighted by Gasteiger charge is -2.11. The molecular weight excluding hydrogens is 290 g/mol. The van der Waals surface area contributed by atoms with Crippen molar-refractivity contribution in [2.24, 2.45) is 5.14 Å². The van der Waals surface area contributed by atoms with Crippen LogP contribution in [-0.2, 0) is 10.0 Å². The lowest BCUT2D eigenvalue weighted by molar-refractivity contribution is 0.426. The first-order valence-corrected chi connectivity index (χ1v) is 6.87. The van der Waals surface area contributed by atoms with Gasteiger partial charge in [-0.05, 0) is 30.3 Å². The molecule has 0 aliphatic rings. The van der Waals surface area contributed by atoms with Crippen molar-refractivity contribution < 1.29 is 21.9 Å². The molecular formula is C12H10F2N2O3S. The van der Waals surface area contributed by atoms with Crippen molar-refractivity contribution in [2.45, 2.75) is 4.90 Å². The molecule has 0 saturated heterocycles. The molecule has 0 aromatic heterocycles. The Hall–Kier alpha value is -2.19. The maximum Gasteiger partial charge on any atom is 0.241 e. The van der Waals surface area contributed by atoms with Gasteiger partial charge in [-0.2, -0.15) is 0 Å². The summed E-state index contributed by atoms with van der Waals surface area (Å²) in [6, 6.07) is 6.19. The highest BCUT2D eigenvalue weighted by atomic mass is 32.2. The van der Waals surface area contributed by atoms with Crippen molar-refractivity contribution in [3.05, 3.63) is 48.0 Å². The van der Waals surface area contributed by atoms with Crippen molar-refractivity contribution in [1.29, 1.82) is 0 Å². The van der Waals surface area contributed by atoms with E-state index in [4.69, 9.17) is 15.6 Å². The van der Waals surface area contributed by atoms with Gasteiger partial charge in [0.2, 0.25) is 10.0 Å². The van der Waals surface area contributed by atoms with E-state index in [1.165, 1.54) is 12.1 Å². The van der Waals surface area contributed by atoms with Crippen LogP contribution < -0.4 is 15.6 Å². The molecule has 0 heterocycles. The molecule has 2 aromatic rings. The van der Waals surface area contributed by atoms with E-state index in [0.29, 0.717) is 0 Å². The van der Waals surface area contributed by atoms with Gasteiger partial charge in [-0.25, -0.2) is 22.3 Å². The van der Waals surface area contributed by atoms with Gasteiger partial charge >= 0.3 is 0 Å². The molecule has 2 rings (SSSR count). The summed E-state index contributed by atoms with van der Waals surface area (Å²) in [6.07, 6.45) is 0. The third kappa shape index (κ3) is 3.03. The van der Waals surface area contributed by atoms with Gasteiger partial charge in [0, 0.05) is 11.8 Å². The van der Waals surface area contributed by atoms with Crippen molar-refractivity contribution in [3.63, 3.8) is 0 Å². The molecule has 8 heteroatoms. The van der Waals surface area contributed by atoms with Crippen molar-refractivity contribution in [1.82, 2.24) is 0 Å². The zero-order valence-electron chi connectivity index (χ0n) is 10.0. The summed E-state index contributed by atoms with van der Waals surface area (Å²) in [5.41, 5.74) is 5.60. The maximum absolute atomic E-state index is 13.5. The van der Waals surface area contributed by atoms with Crippen LogP contribution in [0.2, 0.25) is 0 Å². The van der Waals surface area contributed by atoms with Crippen molar-refractivity contribution in [3.8, 4) is 11.5 Å². The highest BCUT2D eigenvalue weighted by Gasteiger charge is 2.17. The number of rotatable bonds is 3. The molecule has 0 radical (unpaired) electrons. The fourth-order valence-electron chi connectivity index (χ4n) is 1.51. The number of sulfonamides is 1. The molecule has 0 amide bonds. The molecule has 0 aliphatic heterocycles. The van der Waals surface area contributed by atoms with E-state index in [-0.39, 0.29) is 11.4 Å². The van der Waals surface area contributed by atoms with E-state index >= 15 is 0 Å². The van der Waals surface area contributed by atoms with E-state index in [9.17, 15) is 17.2 Å². The van der Waals surface area contributed by atoms with Crippen LogP contribution in [0.1, 0.15) is 0 Å². The van der Waals surface area contributed by atoms with Gasteiger partial charge in [0.15, 0.2) is 11.6 Å². The Morgan fingerprint density at radius 1 is 1.00 bits per heavy atom. The van der Waals surface area contributed by atoms with Crippen LogP contribution in [0.5, 0.6) is 11.5 Å². The highest BCUT2D eigenvalue weighted by Crippen LogP contribution is 2.31. The molecule has 0 unspecified atom stereocenters. The first kappa shape index (κ1) is 14.2. The predicted molar refractivity (Wildman–Crippen MR) is 68.7 cm³/mol. The highest BCUT2D eigenvalue weighted by molar-refractivity contribution is 7.89. The molecule has 0 atom stereocenters. The Kier molecular flexibility index (Phi) is 3.60. The SMILES string of the molecule is Nc1ccc(Oc2cc(F)ccc2F)c(S(N)(=O)=O)c1. The van der Waals surface area contributed by atoms with E-state index in [1.54, 1.807) is 0 Å². The van der Waals surface area contributed by atoms with Crippen LogP contribution in [0.3, 0.4) is 0 Å². The minimum Gasteiger partial charge on any atom is -0.453 e. The normalized spacial score (nSPS) is 11.3. The van der Waals surface area contributed by atoms with Crippen LogP contribution >= 0.6 is 0 Å². The minimum atomic E-state index is -4.12. The summed E-state index contributed by atoms with van der Waals surface area (Å²) in [5, 5.41) is 5.02. The lowest BCUT2D eigenvalue weighted by atomic mass is 10.3. The number of nitrogens with two attached hydrogens (primary N) is 2. The topological polar surface area (TPSA) is 95.4 Å². The van der Waals surface area contributed by atoms with E-state index in [2.05, 4.69) is 0 Å². The number of ether oxygens (including phenoxy) is 1. The van der Waals surface area contributed by atoms with Crippen molar-refractivity contribution >= 4 is 15.7 Å². The zero-order chi connectivity index (χ0) is 14.9. The van der Waals surface area contributed by atoms with E-state index in [0.717, 1.165) is 24.3 Å². The number of halogens is 2. The molecule has 0 spiro atoms. The van der Waals surface area contributed by atoms with Gasteiger partial charge in [0.05, 0.1) is 0 Å². The quantitative estimate of drug-likeness (QED) is 0.847.